The van der Waals surface area contributed by atoms with Gasteiger partial charge >= 0.3 is 5.97 Å². The first-order chi connectivity index (χ1) is 7.82. The average Bonchev–Trinajstić information content (AvgIpc) is 2.22. The van der Waals surface area contributed by atoms with Crippen molar-refractivity contribution in [2.24, 2.45) is 5.92 Å². The number of aliphatic carboxylic acids is 1. The van der Waals surface area contributed by atoms with E-state index >= 15 is 0 Å². The number of carbonyl (C=O) groups is 1. The van der Waals surface area contributed by atoms with E-state index in [0.29, 0.717) is 12.4 Å². The maximum atomic E-state index is 10.9. The Balaban J connectivity index is 3.06. The Kier molecular flexibility index (Phi) is 4.04. The minimum atomic E-state index is -0.791. The molecule has 1 rings (SSSR count). The number of hydrogen-bond acceptors (Lipinski definition) is 4. The van der Waals surface area contributed by atoms with Gasteiger partial charge in [0.25, 0.3) is 0 Å². The summed E-state index contributed by atoms with van der Waals surface area (Å²) in [5, 5.41) is 8.92. The number of rotatable bonds is 4. The van der Waals surface area contributed by atoms with Crippen LogP contribution in [0.2, 0.25) is 0 Å². The number of aromatic nitrogens is 2. The largest absolute Gasteiger partial charge is 0.481 e. The van der Waals surface area contributed by atoms with Gasteiger partial charge in [-0.3, -0.25) is 4.79 Å². The van der Waals surface area contributed by atoms with Gasteiger partial charge in [0.15, 0.2) is 0 Å². The van der Waals surface area contributed by atoms with Crippen molar-refractivity contribution in [3.05, 3.63) is 17.0 Å². The fourth-order valence-corrected chi connectivity index (χ4v) is 1.61. The second-order valence-corrected chi connectivity index (χ2v) is 4.51. The third kappa shape index (κ3) is 3.15. The predicted octanol–water partition coefficient (Wildman–Crippen LogP) is 1.42. The molecule has 0 fully saturated rings. The van der Waals surface area contributed by atoms with Gasteiger partial charge in [0.2, 0.25) is 5.95 Å². The first-order valence-corrected chi connectivity index (χ1v) is 5.57. The van der Waals surface area contributed by atoms with Crippen molar-refractivity contribution >= 4 is 11.9 Å². The highest BCUT2D eigenvalue weighted by Crippen LogP contribution is 2.18. The minimum Gasteiger partial charge on any atom is -0.481 e. The summed E-state index contributed by atoms with van der Waals surface area (Å²) in [7, 11) is 3.77. The van der Waals surface area contributed by atoms with Gasteiger partial charge in [-0.2, -0.15) is 0 Å². The molecule has 1 aromatic rings. The van der Waals surface area contributed by atoms with E-state index < -0.39 is 11.9 Å². The summed E-state index contributed by atoms with van der Waals surface area (Å²) in [6.07, 6.45) is 0.473. The molecule has 1 heterocycles. The van der Waals surface area contributed by atoms with Gasteiger partial charge in [-0.1, -0.05) is 6.92 Å². The normalized spacial score (nSPS) is 12.3. The van der Waals surface area contributed by atoms with Crippen molar-refractivity contribution in [3.8, 4) is 0 Å². The topological polar surface area (TPSA) is 66.3 Å². The number of hydrogen-bond donors (Lipinski definition) is 1. The van der Waals surface area contributed by atoms with Crippen LogP contribution in [0.5, 0.6) is 0 Å². The molecule has 17 heavy (non-hydrogen) atoms. The predicted molar refractivity (Wildman–Crippen MR) is 66.3 cm³/mol. The van der Waals surface area contributed by atoms with Gasteiger partial charge in [0.1, 0.15) is 0 Å². The Hall–Kier alpha value is -1.65. The molecule has 0 aliphatic heterocycles. The third-order valence-corrected chi connectivity index (χ3v) is 2.74. The van der Waals surface area contributed by atoms with Crippen LogP contribution >= 0.6 is 0 Å². The fraction of sp³-hybridized carbons (Fsp3) is 0.583. The Morgan fingerprint density at radius 3 is 2.12 bits per heavy atom. The maximum Gasteiger partial charge on any atom is 0.306 e. The van der Waals surface area contributed by atoms with Crippen LogP contribution < -0.4 is 4.90 Å². The Labute approximate surface area is 102 Å². The smallest absolute Gasteiger partial charge is 0.306 e. The molecule has 1 atom stereocenters. The lowest BCUT2D eigenvalue weighted by molar-refractivity contribution is -0.141. The zero-order valence-electron chi connectivity index (χ0n) is 11.0. The molecular weight excluding hydrogens is 218 g/mol. The molecule has 0 spiro atoms. The first-order valence-electron chi connectivity index (χ1n) is 5.57. The summed E-state index contributed by atoms with van der Waals surface area (Å²) in [6, 6.07) is 0. The molecule has 0 aliphatic rings. The standard InChI is InChI=1S/C12H19N3O2/c1-7(11(16)17)6-10-8(2)13-12(15(4)5)14-9(10)3/h7H,6H2,1-5H3,(H,16,17). The number of aryl methyl sites for hydroxylation is 2. The lowest BCUT2D eigenvalue weighted by Gasteiger charge is -2.16. The zero-order valence-corrected chi connectivity index (χ0v) is 11.0. The molecule has 1 N–H and O–H groups in total. The molecule has 0 aromatic carbocycles. The molecule has 94 valence electrons. The van der Waals surface area contributed by atoms with Gasteiger partial charge in [0.05, 0.1) is 5.92 Å². The second kappa shape index (κ2) is 5.12. The molecule has 5 nitrogen and oxygen atoms in total. The highest BCUT2D eigenvalue weighted by atomic mass is 16.4. The lowest BCUT2D eigenvalue weighted by Crippen LogP contribution is -2.18. The zero-order chi connectivity index (χ0) is 13.2. The average molecular weight is 237 g/mol. The summed E-state index contributed by atoms with van der Waals surface area (Å²) < 4.78 is 0. The van der Waals surface area contributed by atoms with Gasteiger partial charge in [-0.15, -0.1) is 0 Å². The van der Waals surface area contributed by atoms with E-state index in [9.17, 15) is 4.79 Å². The summed E-state index contributed by atoms with van der Waals surface area (Å²) >= 11 is 0. The molecule has 1 unspecified atom stereocenters. The summed E-state index contributed by atoms with van der Waals surface area (Å²) in [5.74, 6) is -0.548. The Bertz CT molecular complexity index is 407. The van der Waals surface area contributed by atoms with Crippen molar-refractivity contribution in [2.45, 2.75) is 27.2 Å². The van der Waals surface area contributed by atoms with Crippen LogP contribution in [0, 0.1) is 19.8 Å². The summed E-state index contributed by atoms with van der Waals surface area (Å²) in [6.45, 7) is 5.48. The maximum absolute atomic E-state index is 10.9. The summed E-state index contributed by atoms with van der Waals surface area (Å²) in [4.78, 5) is 21.4. The quantitative estimate of drug-likeness (QED) is 0.858. The Morgan fingerprint density at radius 1 is 1.29 bits per heavy atom. The highest BCUT2D eigenvalue weighted by Gasteiger charge is 2.17. The van der Waals surface area contributed by atoms with E-state index in [-0.39, 0.29) is 0 Å². The van der Waals surface area contributed by atoms with Crippen molar-refractivity contribution < 1.29 is 9.90 Å². The van der Waals surface area contributed by atoms with Crippen LogP contribution in [-0.4, -0.2) is 35.1 Å². The number of carboxylic acids is 1. The molecule has 0 saturated heterocycles. The molecule has 0 bridgehead atoms. The summed E-state index contributed by atoms with van der Waals surface area (Å²) in [5.41, 5.74) is 2.65. The van der Waals surface area contributed by atoms with E-state index in [1.807, 2.05) is 32.8 Å². The molecule has 0 aliphatic carbocycles. The van der Waals surface area contributed by atoms with Crippen molar-refractivity contribution in [2.75, 3.05) is 19.0 Å². The second-order valence-electron chi connectivity index (χ2n) is 4.51. The van der Waals surface area contributed by atoms with E-state index in [1.165, 1.54) is 0 Å². The molecular formula is C12H19N3O2. The van der Waals surface area contributed by atoms with Crippen LogP contribution in [0.25, 0.3) is 0 Å². The molecule has 5 heteroatoms. The van der Waals surface area contributed by atoms with Crippen molar-refractivity contribution in [3.63, 3.8) is 0 Å². The van der Waals surface area contributed by atoms with E-state index in [0.717, 1.165) is 17.0 Å². The number of nitrogens with zero attached hydrogens (tertiary/aromatic N) is 3. The molecule has 0 saturated carbocycles. The van der Waals surface area contributed by atoms with Crippen LogP contribution in [0.15, 0.2) is 0 Å². The van der Waals surface area contributed by atoms with Crippen LogP contribution in [0.1, 0.15) is 23.9 Å². The molecule has 0 amide bonds. The number of carboxylic acid groups (broad SMARTS) is 1. The highest BCUT2D eigenvalue weighted by molar-refractivity contribution is 5.70. The van der Waals surface area contributed by atoms with Gasteiger partial charge < -0.3 is 10.0 Å². The Morgan fingerprint density at radius 2 is 1.76 bits per heavy atom. The third-order valence-electron chi connectivity index (χ3n) is 2.74. The van der Waals surface area contributed by atoms with Crippen molar-refractivity contribution in [1.82, 2.24) is 9.97 Å². The minimum absolute atomic E-state index is 0.416. The lowest BCUT2D eigenvalue weighted by atomic mass is 9.99. The SMILES string of the molecule is Cc1nc(N(C)C)nc(C)c1CC(C)C(=O)O. The molecule has 0 radical (unpaired) electrons. The molecule has 1 aromatic heterocycles. The van der Waals surface area contributed by atoms with Gasteiger partial charge in [-0.05, 0) is 25.8 Å². The van der Waals surface area contributed by atoms with E-state index in [1.54, 1.807) is 6.92 Å². The van der Waals surface area contributed by atoms with Crippen LogP contribution in [-0.2, 0) is 11.2 Å². The monoisotopic (exact) mass is 237 g/mol. The number of anilines is 1. The van der Waals surface area contributed by atoms with Crippen molar-refractivity contribution in [1.29, 1.82) is 0 Å². The fourth-order valence-electron chi connectivity index (χ4n) is 1.61. The first kappa shape index (κ1) is 13.4. The van der Waals surface area contributed by atoms with E-state index in [2.05, 4.69) is 9.97 Å². The van der Waals surface area contributed by atoms with Gasteiger partial charge in [0, 0.05) is 25.5 Å². The van der Waals surface area contributed by atoms with Crippen LogP contribution in [0.3, 0.4) is 0 Å². The van der Waals surface area contributed by atoms with E-state index in [4.69, 9.17) is 5.11 Å². The van der Waals surface area contributed by atoms with Crippen LogP contribution in [0.4, 0.5) is 5.95 Å². The van der Waals surface area contributed by atoms with Gasteiger partial charge in [-0.25, -0.2) is 9.97 Å².